The van der Waals surface area contributed by atoms with Crippen LogP contribution in [0.2, 0.25) is 0 Å². The van der Waals surface area contributed by atoms with Crippen LogP contribution < -0.4 is 5.32 Å². The molecule has 2 saturated heterocycles. The lowest BCUT2D eigenvalue weighted by atomic mass is 10.1. The van der Waals surface area contributed by atoms with Crippen molar-refractivity contribution in [2.45, 2.75) is 12.5 Å². The maximum absolute atomic E-state index is 12.5. The molecular weight excluding hydrogens is 365 g/mol. The van der Waals surface area contributed by atoms with E-state index in [0.717, 1.165) is 48.4 Å². The molecule has 2 aliphatic rings. The number of nitrogens with zero attached hydrogens (tertiary/aromatic N) is 2. The van der Waals surface area contributed by atoms with E-state index in [0.29, 0.717) is 6.04 Å². The topological polar surface area (TPSA) is 35.6 Å². The van der Waals surface area contributed by atoms with Crippen LogP contribution in [0, 0.1) is 3.57 Å². The van der Waals surface area contributed by atoms with Crippen molar-refractivity contribution in [3.63, 3.8) is 0 Å². The van der Waals surface area contributed by atoms with Crippen LogP contribution in [0.4, 0.5) is 0 Å². The first kappa shape index (κ1) is 14.3. The lowest BCUT2D eigenvalue weighted by molar-refractivity contribution is 0.0584. The van der Waals surface area contributed by atoms with Gasteiger partial charge in [-0.05, 0) is 53.8 Å². The molecule has 20 heavy (non-hydrogen) atoms. The molecule has 0 radical (unpaired) electrons. The van der Waals surface area contributed by atoms with Crippen molar-refractivity contribution in [2.75, 3.05) is 39.3 Å². The summed E-state index contributed by atoms with van der Waals surface area (Å²) in [5.41, 5.74) is 0.813. The van der Waals surface area contributed by atoms with E-state index in [4.69, 9.17) is 0 Å². The molecular formula is C15H20IN3O. The average molecular weight is 385 g/mol. The summed E-state index contributed by atoms with van der Waals surface area (Å²) in [6.07, 6.45) is 1.24. The molecule has 1 unspecified atom stereocenters. The predicted octanol–water partition coefficient (Wildman–Crippen LogP) is 1.41. The van der Waals surface area contributed by atoms with E-state index in [9.17, 15) is 4.79 Å². The van der Waals surface area contributed by atoms with Gasteiger partial charge in [0.05, 0.1) is 0 Å². The highest BCUT2D eigenvalue weighted by Gasteiger charge is 2.28. The Morgan fingerprint density at radius 3 is 2.70 bits per heavy atom. The van der Waals surface area contributed by atoms with Crippen LogP contribution in [-0.4, -0.2) is 61.0 Å². The smallest absolute Gasteiger partial charge is 0.253 e. The van der Waals surface area contributed by atoms with E-state index in [-0.39, 0.29) is 5.91 Å². The number of rotatable bonds is 2. The van der Waals surface area contributed by atoms with Crippen LogP contribution in [0.1, 0.15) is 16.8 Å². The van der Waals surface area contributed by atoms with Gasteiger partial charge in [0.2, 0.25) is 0 Å². The number of carbonyl (C=O) groups excluding carboxylic acids is 1. The fraction of sp³-hybridized carbons (Fsp3) is 0.533. The van der Waals surface area contributed by atoms with Crippen molar-refractivity contribution in [3.8, 4) is 0 Å². The van der Waals surface area contributed by atoms with Gasteiger partial charge in [0.1, 0.15) is 0 Å². The minimum absolute atomic E-state index is 0.174. The fourth-order valence-electron chi connectivity index (χ4n) is 3.05. The molecule has 0 spiro atoms. The third-order valence-corrected chi connectivity index (χ3v) is 4.89. The van der Waals surface area contributed by atoms with E-state index in [1.54, 1.807) is 0 Å². The van der Waals surface area contributed by atoms with E-state index in [2.05, 4.69) is 32.8 Å². The highest BCUT2D eigenvalue weighted by Crippen LogP contribution is 2.15. The normalized spacial score (nSPS) is 24.1. The molecule has 1 N–H and O–H groups in total. The third kappa shape index (κ3) is 3.15. The predicted molar refractivity (Wildman–Crippen MR) is 87.9 cm³/mol. The number of piperazine rings is 1. The van der Waals surface area contributed by atoms with Gasteiger partial charge in [-0.2, -0.15) is 0 Å². The molecule has 2 fully saturated rings. The quantitative estimate of drug-likeness (QED) is 0.783. The Kier molecular flexibility index (Phi) is 4.58. The van der Waals surface area contributed by atoms with E-state index in [1.165, 1.54) is 6.42 Å². The van der Waals surface area contributed by atoms with Crippen molar-refractivity contribution in [1.29, 1.82) is 0 Å². The molecule has 2 aliphatic heterocycles. The summed E-state index contributed by atoms with van der Waals surface area (Å²) in [6, 6.07) is 8.52. The number of carbonyl (C=O) groups is 1. The van der Waals surface area contributed by atoms with E-state index >= 15 is 0 Å². The highest BCUT2D eigenvalue weighted by molar-refractivity contribution is 14.1. The first-order valence-corrected chi connectivity index (χ1v) is 8.31. The first-order valence-electron chi connectivity index (χ1n) is 7.23. The molecule has 1 amide bonds. The summed E-state index contributed by atoms with van der Waals surface area (Å²) in [5, 5.41) is 3.41. The number of nitrogens with one attached hydrogen (secondary N) is 1. The second-order valence-electron chi connectivity index (χ2n) is 5.49. The largest absolute Gasteiger partial charge is 0.336 e. The summed E-state index contributed by atoms with van der Waals surface area (Å²) in [7, 11) is 0. The summed E-state index contributed by atoms with van der Waals surface area (Å²) in [5.74, 6) is 0.174. The average Bonchev–Trinajstić information content (AvgIpc) is 3.01. The number of amides is 1. The van der Waals surface area contributed by atoms with Gasteiger partial charge >= 0.3 is 0 Å². The molecule has 2 heterocycles. The Bertz CT molecular complexity index is 480. The van der Waals surface area contributed by atoms with Crippen molar-refractivity contribution in [2.24, 2.45) is 0 Å². The van der Waals surface area contributed by atoms with Crippen LogP contribution in [0.25, 0.3) is 0 Å². The highest BCUT2D eigenvalue weighted by atomic mass is 127. The van der Waals surface area contributed by atoms with Crippen molar-refractivity contribution < 1.29 is 4.79 Å². The Labute approximate surface area is 133 Å². The maximum Gasteiger partial charge on any atom is 0.253 e. The maximum atomic E-state index is 12.5. The van der Waals surface area contributed by atoms with Crippen LogP contribution in [0.3, 0.4) is 0 Å². The molecule has 5 heteroatoms. The molecule has 0 aromatic heterocycles. The molecule has 0 saturated carbocycles. The van der Waals surface area contributed by atoms with Gasteiger partial charge in [-0.1, -0.05) is 6.07 Å². The molecule has 4 nitrogen and oxygen atoms in total. The number of hydrogen-bond donors (Lipinski definition) is 1. The van der Waals surface area contributed by atoms with Crippen molar-refractivity contribution >= 4 is 28.5 Å². The van der Waals surface area contributed by atoms with Gasteiger partial charge in [-0.15, -0.1) is 0 Å². The zero-order valence-corrected chi connectivity index (χ0v) is 13.7. The Balaban J connectivity index is 1.58. The zero-order valence-electron chi connectivity index (χ0n) is 11.5. The van der Waals surface area contributed by atoms with Gasteiger partial charge < -0.3 is 10.2 Å². The molecule has 0 aliphatic carbocycles. The van der Waals surface area contributed by atoms with Crippen LogP contribution in [-0.2, 0) is 0 Å². The van der Waals surface area contributed by atoms with E-state index in [1.807, 2.05) is 29.2 Å². The molecule has 1 aromatic rings. The molecule has 1 aromatic carbocycles. The first-order chi connectivity index (χ1) is 9.74. The van der Waals surface area contributed by atoms with Crippen LogP contribution in [0.15, 0.2) is 24.3 Å². The minimum atomic E-state index is 0.174. The fourth-order valence-corrected chi connectivity index (χ4v) is 3.59. The van der Waals surface area contributed by atoms with Gasteiger partial charge in [-0.3, -0.25) is 9.69 Å². The number of hydrogen-bond acceptors (Lipinski definition) is 3. The SMILES string of the molecule is O=C(c1cccc(I)c1)N1CCN(C2CCNC2)CC1. The third-order valence-electron chi connectivity index (χ3n) is 4.22. The molecule has 0 bridgehead atoms. The van der Waals surface area contributed by atoms with Crippen molar-refractivity contribution in [3.05, 3.63) is 33.4 Å². The Morgan fingerprint density at radius 2 is 2.05 bits per heavy atom. The zero-order chi connectivity index (χ0) is 13.9. The number of benzene rings is 1. The summed E-state index contributed by atoms with van der Waals surface area (Å²) >= 11 is 2.25. The summed E-state index contributed by atoms with van der Waals surface area (Å²) in [4.78, 5) is 17.0. The van der Waals surface area contributed by atoms with Gasteiger partial charge in [0, 0.05) is 47.9 Å². The van der Waals surface area contributed by atoms with Gasteiger partial charge in [-0.25, -0.2) is 0 Å². The standard InChI is InChI=1S/C15H20IN3O/c16-13-3-1-2-12(10-13)15(20)19-8-6-18(7-9-19)14-4-5-17-11-14/h1-3,10,14,17H,4-9,11H2. The lowest BCUT2D eigenvalue weighted by Crippen LogP contribution is -2.52. The second kappa shape index (κ2) is 6.41. The Morgan fingerprint density at radius 1 is 1.25 bits per heavy atom. The number of halogens is 1. The molecule has 1 atom stereocenters. The minimum Gasteiger partial charge on any atom is -0.336 e. The molecule has 108 valence electrons. The van der Waals surface area contributed by atoms with Crippen molar-refractivity contribution in [1.82, 2.24) is 15.1 Å². The second-order valence-corrected chi connectivity index (χ2v) is 6.73. The lowest BCUT2D eigenvalue weighted by Gasteiger charge is -2.37. The van der Waals surface area contributed by atoms with Crippen LogP contribution in [0.5, 0.6) is 0 Å². The monoisotopic (exact) mass is 385 g/mol. The Hall–Kier alpha value is -0.660. The summed E-state index contributed by atoms with van der Waals surface area (Å²) < 4.78 is 1.11. The van der Waals surface area contributed by atoms with E-state index < -0.39 is 0 Å². The summed E-state index contributed by atoms with van der Waals surface area (Å²) in [6.45, 7) is 5.93. The molecule has 3 rings (SSSR count). The van der Waals surface area contributed by atoms with Gasteiger partial charge in [0.25, 0.3) is 5.91 Å². The van der Waals surface area contributed by atoms with Gasteiger partial charge in [0.15, 0.2) is 0 Å². The van der Waals surface area contributed by atoms with Crippen LogP contribution >= 0.6 is 22.6 Å².